The fourth-order valence-corrected chi connectivity index (χ4v) is 2.55. The molecule has 1 heterocycles. The van der Waals surface area contributed by atoms with Crippen molar-refractivity contribution in [1.82, 2.24) is 10.5 Å². The van der Waals surface area contributed by atoms with E-state index in [1.807, 2.05) is 60.7 Å². The van der Waals surface area contributed by atoms with E-state index in [0.717, 1.165) is 17.7 Å². The van der Waals surface area contributed by atoms with Gasteiger partial charge < -0.3 is 0 Å². The topological polar surface area (TPSA) is 70.0 Å². The first-order valence-electron chi connectivity index (χ1n) is 6.84. The first-order chi connectivity index (χ1) is 11.4. The van der Waals surface area contributed by atoms with Gasteiger partial charge in [-0.25, -0.2) is 9.99 Å². The lowest BCUT2D eigenvalue weighted by molar-refractivity contribution is 0.112. The second-order valence-corrected chi connectivity index (χ2v) is 5.51. The zero-order valence-corrected chi connectivity index (χ0v) is 12.9. The number of carbonyl (C=O) groups is 1. The van der Waals surface area contributed by atoms with Gasteiger partial charge in [-0.05, 0) is 24.3 Å². The van der Waals surface area contributed by atoms with Crippen molar-refractivity contribution in [2.75, 3.05) is 5.01 Å². The van der Waals surface area contributed by atoms with Gasteiger partial charge in [0.05, 0.1) is 22.4 Å². The Morgan fingerprint density at radius 1 is 1.04 bits per heavy atom. The Labute approximate surface area is 137 Å². The summed E-state index contributed by atoms with van der Waals surface area (Å²) in [5.74, 6) is 0. The van der Waals surface area contributed by atoms with Crippen molar-refractivity contribution in [3.05, 3.63) is 71.7 Å². The van der Waals surface area contributed by atoms with Crippen LogP contribution in [0.3, 0.4) is 0 Å². The maximum absolute atomic E-state index is 10.9. The van der Waals surface area contributed by atoms with Crippen molar-refractivity contribution in [2.45, 2.75) is 0 Å². The molecule has 3 aromatic rings. The maximum Gasteiger partial charge on any atom is 0.211 e. The van der Waals surface area contributed by atoms with Crippen LogP contribution in [0.4, 0.5) is 16.5 Å². The summed E-state index contributed by atoms with van der Waals surface area (Å²) in [5.41, 5.74) is 4.44. The number of nitrogens with zero attached hydrogens (tertiary/aromatic N) is 4. The summed E-state index contributed by atoms with van der Waals surface area (Å²) in [6.45, 7) is 0. The van der Waals surface area contributed by atoms with Crippen LogP contribution in [0, 0.1) is 0 Å². The molecule has 0 unspecified atom stereocenters. The summed E-state index contributed by atoms with van der Waals surface area (Å²) in [6.07, 6.45) is 2.30. The monoisotopic (exact) mass is 323 g/mol. The summed E-state index contributed by atoms with van der Waals surface area (Å²) < 4.78 is 0. The Morgan fingerprint density at radius 2 is 1.74 bits per heavy atom. The SMILES string of the molecule is O=Cc1cnc(N(NN=Nc2ccccc2)c2ccccc2)s1. The van der Waals surface area contributed by atoms with Crippen LogP contribution in [-0.4, -0.2) is 11.3 Å². The second kappa shape index (κ2) is 7.28. The van der Waals surface area contributed by atoms with E-state index in [0.29, 0.717) is 10.0 Å². The number of nitrogens with one attached hydrogen (secondary N) is 1. The summed E-state index contributed by atoms with van der Waals surface area (Å²) >= 11 is 1.26. The summed E-state index contributed by atoms with van der Waals surface area (Å²) in [4.78, 5) is 15.7. The molecular formula is C16H13N5OS. The van der Waals surface area contributed by atoms with Crippen molar-refractivity contribution in [1.29, 1.82) is 0 Å². The molecule has 0 bridgehead atoms. The molecule has 0 fully saturated rings. The number of para-hydroxylation sites is 1. The Bertz CT molecular complexity index is 788. The van der Waals surface area contributed by atoms with E-state index >= 15 is 0 Å². The maximum atomic E-state index is 10.9. The number of aromatic nitrogens is 1. The van der Waals surface area contributed by atoms with Crippen LogP contribution in [0.2, 0.25) is 0 Å². The molecule has 2 aromatic carbocycles. The van der Waals surface area contributed by atoms with E-state index in [1.165, 1.54) is 17.5 Å². The minimum atomic E-state index is 0.544. The number of thiazole rings is 1. The fraction of sp³-hybridized carbons (Fsp3) is 0. The highest BCUT2D eigenvalue weighted by atomic mass is 32.1. The average Bonchev–Trinajstić information content (AvgIpc) is 3.09. The Hall–Kier alpha value is -3.06. The standard InChI is InChI=1S/C16H13N5OS/c22-12-15-11-17-16(23-15)21(14-9-5-2-6-10-14)20-19-18-13-7-3-1-4-8-13/h1-12H,(H,18,20). The van der Waals surface area contributed by atoms with Crippen LogP contribution < -0.4 is 10.5 Å². The number of carbonyl (C=O) groups excluding carboxylic acids is 1. The molecule has 0 amide bonds. The van der Waals surface area contributed by atoms with Crippen molar-refractivity contribution in [2.24, 2.45) is 10.3 Å². The Kier molecular flexibility index (Phi) is 4.70. The number of hydrazine groups is 1. The largest absolute Gasteiger partial charge is 0.297 e. The van der Waals surface area contributed by atoms with Gasteiger partial charge in [-0.1, -0.05) is 53.0 Å². The van der Waals surface area contributed by atoms with Crippen molar-refractivity contribution in [3.63, 3.8) is 0 Å². The van der Waals surface area contributed by atoms with Gasteiger partial charge >= 0.3 is 0 Å². The third-order valence-electron chi connectivity index (χ3n) is 2.90. The van der Waals surface area contributed by atoms with E-state index < -0.39 is 0 Å². The van der Waals surface area contributed by atoms with Crippen molar-refractivity contribution < 1.29 is 4.79 Å². The first kappa shape index (κ1) is 14.9. The molecule has 6 nitrogen and oxygen atoms in total. The van der Waals surface area contributed by atoms with Crippen LogP contribution in [0.25, 0.3) is 0 Å². The van der Waals surface area contributed by atoms with Crippen molar-refractivity contribution in [3.8, 4) is 0 Å². The van der Waals surface area contributed by atoms with Gasteiger partial charge in [-0.2, -0.15) is 5.53 Å². The van der Waals surface area contributed by atoms with E-state index in [2.05, 4.69) is 20.9 Å². The molecule has 0 saturated heterocycles. The van der Waals surface area contributed by atoms with Gasteiger partial charge in [-0.15, -0.1) is 5.11 Å². The zero-order chi connectivity index (χ0) is 15.9. The molecule has 0 saturated carbocycles. The highest BCUT2D eigenvalue weighted by Gasteiger charge is 2.12. The summed E-state index contributed by atoms with van der Waals surface area (Å²) in [6, 6.07) is 19.0. The lowest BCUT2D eigenvalue weighted by Gasteiger charge is -2.19. The number of anilines is 2. The van der Waals surface area contributed by atoms with E-state index in [9.17, 15) is 4.79 Å². The molecule has 7 heteroatoms. The van der Waals surface area contributed by atoms with Gasteiger partial charge in [0.2, 0.25) is 5.13 Å². The predicted octanol–water partition coefficient (Wildman–Crippen LogP) is 4.30. The van der Waals surface area contributed by atoms with Gasteiger partial charge in [0.25, 0.3) is 0 Å². The normalized spacial score (nSPS) is 10.6. The first-order valence-corrected chi connectivity index (χ1v) is 7.66. The fourth-order valence-electron chi connectivity index (χ4n) is 1.84. The van der Waals surface area contributed by atoms with E-state index in [4.69, 9.17) is 0 Å². The molecule has 0 radical (unpaired) electrons. The minimum absolute atomic E-state index is 0.544. The molecule has 1 N–H and O–H groups in total. The second-order valence-electron chi connectivity index (χ2n) is 4.47. The molecule has 0 atom stereocenters. The van der Waals surface area contributed by atoms with E-state index in [-0.39, 0.29) is 0 Å². The molecule has 3 rings (SSSR count). The van der Waals surface area contributed by atoms with Crippen LogP contribution >= 0.6 is 11.3 Å². The lowest BCUT2D eigenvalue weighted by Crippen LogP contribution is -2.28. The Balaban J connectivity index is 1.83. The van der Waals surface area contributed by atoms with Gasteiger partial charge in [0, 0.05) is 0 Å². The Morgan fingerprint density at radius 3 is 2.39 bits per heavy atom. The third kappa shape index (κ3) is 3.78. The third-order valence-corrected chi connectivity index (χ3v) is 3.81. The molecule has 0 spiro atoms. The van der Waals surface area contributed by atoms with Gasteiger partial charge in [0.1, 0.15) is 0 Å². The molecule has 0 aliphatic heterocycles. The van der Waals surface area contributed by atoms with Crippen LogP contribution in [0.1, 0.15) is 9.67 Å². The molecule has 23 heavy (non-hydrogen) atoms. The molecular weight excluding hydrogens is 310 g/mol. The zero-order valence-electron chi connectivity index (χ0n) is 12.0. The summed E-state index contributed by atoms with van der Waals surface area (Å²) in [7, 11) is 0. The highest BCUT2D eigenvalue weighted by Crippen LogP contribution is 2.27. The number of rotatable bonds is 6. The number of hydrogen-bond donors (Lipinski definition) is 1. The number of hydrogen-bond acceptors (Lipinski definition) is 6. The molecule has 0 aliphatic rings. The average molecular weight is 323 g/mol. The van der Waals surface area contributed by atoms with Crippen LogP contribution in [-0.2, 0) is 0 Å². The van der Waals surface area contributed by atoms with Crippen molar-refractivity contribution >= 4 is 34.1 Å². The molecule has 0 aliphatic carbocycles. The number of benzene rings is 2. The number of aldehydes is 1. The molecule has 1 aromatic heterocycles. The lowest BCUT2D eigenvalue weighted by atomic mass is 10.3. The van der Waals surface area contributed by atoms with Gasteiger partial charge in [0.15, 0.2) is 6.29 Å². The van der Waals surface area contributed by atoms with Crippen LogP contribution in [0.5, 0.6) is 0 Å². The summed E-state index contributed by atoms with van der Waals surface area (Å²) in [5, 5.41) is 10.4. The smallest absolute Gasteiger partial charge is 0.211 e. The highest BCUT2D eigenvalue weighted by molar-refractivity contribution is 7.17. The van der Waals surface area contributed by atoms with Gasteiger partial charge in [-0.3, -0.25) is 4.79 Å². The minimum Gasteiger partial charge on any atom is -0.297 e. The van der Waals surface area contributed by atoms with E-state index in [1.54, 1.807) is 5.01 Å². The van der Waals surface area contributed by atoms with Crippen LogP contribution in [0.15, 0.2) is 77.2 Å². The predicted molar refractivity (Wildman–Crippen MR) is 90.2 cm³/mol. The quantitative estimate of drug-likeness (QED) is 0.417. The molecule has 114 valence electrons.